The topological polar surface area (TPSA) is 59.8 Å². The first-order valence-electron chi connectivity index (χ1n) is 6.01. The molecule has 1 N–H and O–H groups in total. The molecule has 2 heterocycles. The van der Waals surface area contributed by atoms with Crippen LogP contribution in [0.2, 0.25) is 0 Å². The Labute approximate surface area is 114 Å². The van der Waals surface area contributed by atoms with E-state index in [0.717, 1.165) is 10.9 Å². The predicted octanol–water partition coefficient (Wildman–Crippen LogP) is 2.52. The van der Waals surface area contributed by atoms with E-state index in [1.807, 2.05) is 12.1 Å². The van der Waals surface area contributed by atoms with E-state index in [4.69, 9.17) is 0 Å². The van der Waals surface area contributed by atoms with Crippen molar-refractivity contribution in [2.24, 2.45) is 0 Å². The molecule has 100 valence electrons. The maximum absolute atomic E-state index is 12.9. The molecular formula is C14H11FN4O. The van der Waals surface area contributed by atoms with Gasteiger partial charge in [-0.2, -0.15) is 9.49 Å². The summed E-state index contributed by atoms with van der Waals surface area (Å²) >= 11 is 0. The predicted molar refractivity (Wildman–Crippen MR) is 73.1 cm³/mol. The van der Waals surface area contributed by atoms with Gasteiger partial charge in [0.1, 0.15) is 0 Å². The molecule has 0 aliphatic rings. The van der Waals surface area contributed by atoms with Crippen molar-refractivity contribution in [3.05, 3.63) is 48.7 Å². The van der Waals surface area contributed by atoms with Crippen LogP contribution in [-0.4, -0.2) is 20.7 Å². The van der Waals surface area contributed by atoms with Crippen molar-refractivity contribution < 1.29 is 9.18 Å². The first-order chi connectivity index (χ1) is 9.65. The fourth-order valence-electron chi connectivity index (χ4n) is 2.05. The number of pyridine rings is 1. The maximum atomic E-state index is 12.9. The summed E-state index contributed by atoms with van der Waals surface area (Å²) in [7, 11) is 0. The molecule has 0 atom stereocenters. The van der Waals surface area contributed by atoms with E-state index in [-0.39, 0.29) is 5.91 Å². The smallest absolute Gasteiger partial charge is 0.221 e. The van der Waals surface area contributed by atoms with Crippen LogP contribution in [-0.2, 0) is 4.79 Å². The summed E-state index contributed by atoms with van der Waals surface area (Å²) in [5.41, 5.74) is 2.15. The van der Waals surface area contributed by atoms with Crippen molar-refractivity contribution >= 4 is 22.5 Å². The second kappa shape index (κ2) is 4.73. The fourth-order valence-corrected chi connectivity index (χ4v) is 2.05. The Kier molecular flexibility index (Phi) is 2.90. The van der Waals surface area contributed by atoms with Crippen LogP contribution in [0, 0.1) is 5.95 Å². The molecule has 1 amide bonds. The second-order valence-electron chi connectivity index (χ2n) is 4.32. The van der Waals surface area contributed by atoms with Crippen molar-refractivity contribution in [1.82, 2.24) is 14.8 Å². The van der Waals surface area contributed by atoms with Gasteiger partial charge in [0.2, 0.25) is 11.9 Å². The summed E-state index contributed by atoms with van der Waals surface area (Å²) in [5.74, 6) is -0.683. The third-order valence-electron chi connectivity index (χ3n) is 2.88. The average molecular weight is 270 g/mol. The number of carbonyl (C=O) groups is 1. The molecule has 20 heavy (non-hydrogen) atoms. The van der Waals surface area contributed by atoms with Gasteiger partial charge in [0.15, 0.2) is 0 Å². The third-order valence-corrected chi connectivity index (χ3v) is 2.88. The molecule has 0 unspecified atom stereocenters. The highest BCUT2D eigenvalue weighted by Gasteiger charge is 2.09. The summed E-state index contributed by atoms with van der Waals surface area (Å²) in [4.78, 5) is 14.8. The minimum absolute atomic E-state index is 0.145. The van der Waals surface area contributed by atoms with Crippen LogP contribution in [0.15, 0.2) is 42.7 Å². The van der Waals surface area contributed by atoms with Gasteiger partial charge in [-0.05, 0) is 24.3 Å². The van der Waals surface area contributed by atoms with Crippen LogP contribution in [0.25, 0.3) is 16.6 Å². The normalized spacial score (nSPS) is 10.7. The van der Waals surface area contributed by atoms with E-state index in [9.17, 15) is 9.18 Å². The van der Waals surface area contributed by atoms with Crippen molar-refractivity contribution in [3.63, 3.8) is 0 Å². The first-order valence-corrected chi connectivity index (χ1v) is 6.01. The standard InChI is InChI=1S/C14H11FN4O/c1-9(20)18-12-3-2-4-13-11(12)8-17-19(13)10-5-6-14(15)16-7-10/h2-8H,1H3,(H,18,20). The summed E-state index contributed by atoms with van der Waals surface area (Å²) < 4.78 is 14.5. The third kappa shape index (κ3) is 2.11. The van der Waals surface area contributed by atoms with Crippen LogP contribution < -0.4 is 5.32 Å². The zero-order valence-electron chi connectivity index (χ0n) is 10.7. The number of nitrogens with one attached hydrogen (secondary N) is 1. The number of benzene rings is 1. The molecule has 0 radical (unpaired) electrons. The van der Waals surface area contributed by atoms with Gasteiger partial charge >= 0.3 is 0 Å². The SMILES string of the molecule is CC(=O)Nc1cccc2c1cnn2-c1ccc(F)nc1. The summed E-state index contributed by atoms with van der Waals surface area (Å²) in [6, 6.07) is 8.37. The molecule has 0 bridgehead atoms. The largest absolute Gasteiger partial charge is 0.326 e. The van der Waals surface area contributed by atoms with Crippen LogP contribution in [0.1, 0.15) is 6.92 Å². The molecule has 0 spiro atoms. The van der Waals surface area contributed by atoms with E-state index in [0.29, 0.717) is 11.4 Å². The monoisotopic (exact) mass is 270 g/mol. The van der Waals surface area contributed by atoms with E-state index >= 15 is 0 Å². The zero-order chi connectivity index (χ0) is 14.1. The number of halogens is 1. The summed E-state index contributed by atoms with van der Waals surface area (Å²) in [6.45, 7) is 1.45. The lowest BCUT2D eigenvalue weighted by Crippen LogP contribution is -2.05. The molecule has 3 aromatic rings. The number of hydrogen-bond acceptors (Lipinski definition) is 3. The van der Waals surface area contributed by atoms with Gasteiger partial charge in [0.05, 0.1) is 29.3 Å². The minimum atomic E-state index is -0.538. The molecule has 0 saturated heterocycles. The van der Waals surface area contributed by atoms with Gasteiger partial charge in [-0.15, -0.1) is 0 Å². The molecule has 0 aliphatic carbocycles. The number of aromatic nitrogens is 3. The molecule has 0 saturated carbocycles. The number of anilines is 1. The highest BCUT2D eigenvalue weighted by atomic mass is 19.1. The van der Waals surface area contributed by atoms with E-state index in [1.54, 1.807) is 23.0 Å². The van der Waals surface area contributed by atoms with Crippen LogP contribution in [0.3, 0.4) is 0 Å². The number of amides is 1. The lowest BCUT2D eigenvalue weighted by atomic mass is 10.2. The Bertz CT molecular complexity index is 779. The number of carbonyl (C=O) groups excluding carboxylic acids is 1. The zero-order valence-corrected chi connectivity index (χ0v) is 10.7. The number of rotatable bonds is 2. The number of nitrogens with zero attached hydrogens (tertiary/aromatic N) is 3. The summed E-state index contributed by atoms with van der Waals surface area (Å²) in [6.07, 6.45) is 3.07. The fraction of sp³-hybridized carbons (Fsp3) is 0.0714. The maximum Gasteiger partial charge on any atom is 0.221 e. The first kappa shape index (κ1) is 12.3. The highest BCUT2D eigenvalue weighted by Crippen LogP contribution is 2.25. The number of hydrogen-bond donors (Lipinski definition) is 1. The van der Waals surface area contributed by atoms with Gasteiger partial charge in [-0.3, -0.25) is 4.79 Å². The van der Waals surface area contributed by atoms with Crippen molar-refractivity contribution in [3.8, 4) is 5.69 Å². The van der Waals surface area contributed by atoms with E-state index < -0.39 is 5.95 Å². The quantitative estimate of drug-likeness (QED) is 0.728. The highest BCUT2D eigenvalue weighted by molar-refractivity contribution is 6.00. The lowest BCUT2D eigenvalue weighted by molar-refractivity contribution is -0.114. The Hall–Kier alpha value is -2.76. The van der Waals surface area contributed by atoms with E-state index in [1.165, 1.54) is 19.2 Å². The van der Waals surface area contributed by atoms with Crippen LogP contribution in [0.4, 0.5) is 10.1 Å². The lowest BCUT2D eigenvalue weighted by Gasteiger charge is -2.05. The van der Waals surface area contributed by atoms with Crippen molar-refractivity contribution in [1.29, 1.82) is 0 Å². The molecule has 0 aliphatic heterocycles. The van der Waals surface area contributed by atoms with E-state index in [2.05, 4.69) is 15.4 Å². The van der Waals surface area contributed by atoms with Gasteiger partial charge < -0.3 is 5.32 Å². The van der Waals surface area contributed by atoms with Gasteiger partial charge in [0.25, 0.3) is 0 Å². The Morgan fingerprint density at radius 1 is 1.25 bits per heavy atom. The molecule has 1 aromatic carbocycles. The molecule has 0 fully saturated rings. The molecule has 2 aromatic heterocycles. The van der Waals surface area contributed by atoms with Gasteiger partial charge in [-0.25, -0.2) is 9.67 Å². The van der Waals surface area contributed by atoms with Crippen molar-refractivity contribution in [2.45, 2.75) is 6.92 Å². The Morgan fingerprint density at radius 2 is 2.10 bits per heavy atom. The molecular weight excluding hydrogens is 259 g/mol. The van der Waals surface area contributed by atoms with Gasteiger partial charge in [-0.1, -0.05) is 6.07 Å². The molecule has 5 nitrogen and oxygen atoms in total. The Balaban J connectivity index is 2.14. The molecule has 6 heteroatoms. The minimum Gasteiger partial charge on any atom is -0.326 e. The van der Waals surface area contributed by atoms with Crippen molar-refractivity contribution in [2.75, 3.05) is 5.32 Å². The van der Waals surface area contributed by atoms with Gasteiger partial charge in [0, 0.05) is 12.3 Å². The Morgan fingerprint density at radius 3 is 2.80 bits per heavy atom. The molecule has 3 rings (SSSR count). The second-order valence-corrected chi connectivity index (χ2v) is 4.32. The summed E-state index contributed by atoms with van der Waals surface area (Å²) in [5, 5.41) is 7.83. The number of fused-ring (bicyclic) bond motifs is 1. The van der Waals surface area contributed by atoms with Crippen LogP contribution >= 0.6 is 0 Å². The average Bonchev–Trinajstić information content (AvgIpc) is 2.84. The van der Waals surface area contributed by atoms with Crippen LogP contribution in [0.5, 0.6) is 0 Å².